The molecule has 0 aliphatic carbocycles. The molecule has 1 aromatic carbocycles. The van der Waals surface area contributed by atoms with Crippen LogP contribution in [-0.2, 0) is 21.3 Å². The summed E-state index contributed by atoms with van der Waals surface area (Å²) in [4.78, 5) is -0.261. The summed E-state index contributed by atoms with van der Waals surface area (Å²) in [6, 6.07) is 4.29. The molecule has 1 N–H and O–H groups in total. The van der Waals surface area contributed by atoms with E-state index >= 15 is 0 Å². The molecule has 7 heteroatoms. The number of hydrogen-bond acceptors (Lipinski definition) is 4. The second-order valence-electron chi connectivity index (χ2n) is 4.96. The van der Waals surface area contributed by atoms with Crippen molar-refractivity contribution < 1.29 is 17.5 Å². The Hall–Kier alpha value is -1.02. The molecule has 0 saturated carbocycles. The predicted octanol–water partition coefficient (Wildman–Crippen LogP) is 1.35. The number of ether oxygens (including phenoxy) is 1. The Balaban J connectivity index is 2.15. The fraction of sp³-hybridized carbons (Fsp3) is 0.571. The number of sulfonamides is 1. The minimum Gasteiger partial charge on any atom is -0.379 e. The first kappa shape index (κ1) is 16.4. The van der Waals surface area contributed by atoms with Crippen LogP contribution in [0.1, 0.15) is 18.9 Å². The van der Waals surface area contributed by atoms with Crippen LogP contribution in [0.15, 0.2) is 23.1 Å². The van der Waals surface area contributed by atoms with Crippen molar-refractivity contribution in [2.24, 2.45) is 0 Å². The van der Waals surface area contributed by atoms with E-state index < -0.39 is 15.8 Å². The Morgan fingerprint density at radius 3 is 2.67 bits per heavy atom. The maximum Gasteiger partial charge on any atom is 0.246 e. The number of halogens is 1. The Kier molecular flexibility index (Phi) is 5.69. The molecule has 0 bridgehead atoms. The van der Waals surface area contributed by atoms with Crippen molar-refractivity contribution >= 4 is 10.0 Å². The van der Waals surface area contributed by atoms with Crippen LogP contribution < -0.4 is 5.32 Å². The molecular formula is C14H21FN2O3S. The van der Waals surface area contributed by atoms with E-state index in [9.17, 15) is 12.8 Å². The molecule has 1 fully saturated rings. The van der Waals surface area contributed by atoms with Crippen LogP contribution >= 0.6 is 0 Å². The Bertz CT molecular complexity index is 572. The molecule has 2 rings (SSSR count). The van der Waals surface area contributed by atoms with Gasteiger partial charge < -0.3 is 10.1 Å². The molecule has 1 heterocycles. The monoisotopic (exact) mass is 316 g/mol. The van der Waals surface area contributed by atoms with Crippen molar-refractivity contribution in [1.29, 1.82) is 0 Å². The standard InChI is InChI=1S/C14H21FN2O3S/c1-2-5-16-11-12-3-4-14(13(15)10-12)21(18,19)17-6-8-20-9-7-17/h3-4,10,16H,2,5-9,11H2,1H3. The van der Waals surface area contributed by atoms with Crippen molar-refractivity contribution in [2.45, 2.75) is 24.8 Å². The maximum atomic E-state index is 14.1. The van der Waals surface area contributed by atoms with Crippen LogP contribution in [0.3, 0.4) is 0 Å². The molecule has 0 spiro atoms. The van der Waals surface area contributed by atoms with E-state index in [1.54, 1.807) is 6.07 Å². The van der Waals surface area contributed by atoms with E-state index in [4.69, 9.17) is 4.74 Å². The molecule has 1 saturated heterocycles. The molecule has 1 aliphatic heterocycles. The topological polar surface area (TPSA) is 58.6 Å². The summed E-state index contributed by atoms with van der Waals surface area (Å²) in [5, 5.41) is 3.16. The zero-order chi connectivity index (χ0) is 15.3. The first-order valence-corrected chi connectivity index (χ1v) is 8.56. The lowest BCUT2D eigenvalue weighted by atomic mass is 10.2. The van der Waals surface area contributed by atoms with Gasteiger partial charge in [-0.2, -0.15) is 4.31 Å². The second-order valence-corrected chi connectivity index (χ2v) is 6.86. The lowest BCUT2D eigenvalue weighted by Gasteiger charge is -2.26. The highest BCUT2D eigenvalue weighted by atomic mass is 32.2. The summed E-state index contributed by atoms with van der Waals surface area (Å²) in [6.07, 6.45) is 0.992. The first-order chi connectivity index (χ1) is 10.1. The van der Waals surface area contributed by atoms with Crippen LogP contribution in [0, 0.1) is 5.82 Å². The van der Waals surface area contributed by atoms with Gasteiger partial charge in [0.2, 0.25) is 10.0 Å². The quantitative estimate of drug-likeness (QED) is 0.805. The third-order valence-electron chi connectivity index (χ3n) is 3.34. The van der Waals surface area contributed by atoms with Crippen LogP contribution in [-0.4, -0.2) is 45.6 Å². The summed E-state index contributed by atoms with van der Waals surface area (Å²) in [5.41, 5.74) is 0.738. The zero-order valence-electron chi connectivity index (χ0n) is 12.1. The van der Waals surface area contributed by atoms with Crippen molar-refractivity contribution in [2.75, 3.05) is 32.8 Å². The molecule has 118 valence electrons. The maximum absolute atomic E-state index is 14.1. The van der Waals surface area contributed by atoms with Gasteiger partial charge in [0.15, 0.2) is 0 Å². The highest BCUT2D eigenvalue weighted by molar-refractivity contribution is 7.89. The average molecular weight is 316 g/mol. The van der Waals surface area contributed by atoms with E-state index in [0.29, 0.717) is 19.8 Å². The third kappa shape index (κ3) is 4.00. The van der Waals surface area contributed by atoms with Gasteiger partial charge in [-0.25, -0.2) is 12.8 Å². The summed E-state index contributed by atoms with van der Waals surface area (Å²) in [6.45, 7) is 4.65. The molecular weight excluding hydrogens is 295 g/mol. The predicted molar refractivity (Wildman–Crippen MR) is 78.0 cm³/mol. The molecule has 21 heavy (non-hydrogen) atoms. The number of nitrogens with zero attached hydrogens (tertiary/aromatic N) is 1. The van der Waals surface area contributed by atoms with Crippen molar-refractivity contribution in [1.82, 2.24) is 9.62 Å². The molecule has 0 aromatic heterocycles. The summed E-state index contributed by atoms with van der Waals surface area (Å²) < 4.78 is 45.3. The normalized spacial score (nSPS) is 17.0. The van der Waals surface area contributed by atoms with Crippen LogP contribution in [0.2, 0.25) is 0 Å². The van der Waals surface area contributed by atoms with Gasteiger partial charge in [-0.1, -0.05) is 13.0 Å². The van der Waals surface area contributed by atoms with Crippen LogP contribution in [0.4, 0.5) is 4.39 Å². The zero-order valence-corrected chi connectivity index (χ0v) is 13.0. The van der Waals surface area contributed by atoms with Gasteiger partial charge in [0.1, 0.15) is 10.7 Å². The van der Waals surface area contributed by atoms with Gasteiger partial charge in [0.05, 0.1) is 13.2 Å². The van der Waals surface area contributed by atoms with E-state index in [0.717, 1.165) is 18.5 Å². The second kappa shape index (κ2) is 7.31. The largest absolute Gasteiger partial charge is 0.379 e. The fourth-order valence-corrected chi connectivity index (χ4v) is 3.65. The minimum atomic E-state index is -3.78. The van der Waals surface area contributed by atoms with Gasteiger partial charge >= 0.3 is 0 Å². The lowest BCUT2D eigenvalue weighted by Crippen LogP contribution is -2.40. The number of nitrogens with one attached hydrogen (secondary N) is 1. The highest BCUT2D eigenvalue weighted by Crippen LogP contribution is 2.21. The van der Waals surface area contributed by atoms with Crippen molar-refractivity contribution in [3.05, 3.63) is 29.6 Å². The Morgan fingerprint density at radius 2 is 2.05 bits per heavy atom. The number of hydrogen-bond donors (Lipinski definition) is 1. The highest BCUT2D eigenvalue weighted by Gasteiger charge is 2.28. The van der Waals surface area contributed by atoms with E-state index in [1.807, 2.05) is 6.92 Å². The summed E-state index contributed by atoms with van der Waals surface area (Å²) >= 11 is 0. The minimum absolute atomic E-state index is 0.261. The first-order valence-electron chi connectivity index (χ1n) is 7.12. The Morgan fingerprint density at radius 1 is 1.33 bits per heavy atom. The summed E-state index contributed by atoms with van der Waals surface area (Å²) in [5.74, 6) is -0.697. The van der Waals surface area contributed by atoms with Gasteiger partial charge in [-0.3, -0.25) is 0 Å². The van der Waals surface area contributed by atoms with Crippen molar-refractivity contribution in [3.63, 3.8) is 0 Å². The smallest absolute Gasteiger partial charge is 0.246 e. The SMILES string of the molecule is CCCNCc1ccc(S(=O)(=O)N2CCOCC2)c(F)c1. The van der Waals surface area contributed by atoms with E-state index in [1.165, 1.54) is 16.4 Å². The van der Waals surface area contributed by atoms with Gasteiger partial charge in [-0.15, -0.1) is 0 Å². The molecule has 1 aromatic rings. The Labute approximate surface area is 125 Å². The molecule has 0 radical (unpaired) electrons. The molecule has 5 nitrogen and oxygen atoms in total. The van der Waals surface area contributed by atoms with Crippen LogP contribution in [0.25, 0.3) is 0 Å². The molecule has 0 unspecified atom stereocenters. The third-order valence-corrected chi connectivity index (χ3v) is 5.27. The number of morpholine rings is 1. The van der Waals surface area contributed by atoms with Gasteiger partial charge in [0.25, 0.3) is 0 Å². The average Bonchev–Trinajstić information content (AvgIpc) is 2.48. The molecule has 0 atom stereocenters. The summed E-state index contributed by atoms with van der Waals surface area (Å²) in [7, 11) is -3.78. The van der Waals surface area contributed by atoms with E-state index in [-0.39, 0.29) is 18.0 Å². The van der Waals surface area contributed by atoms with Gasteiger partial charge in [-0.05, 0) is 30.7 Å². The van der Waals surface area contributed by atoms with Crippen molar-refractivity contribution in [3.8, 4) is 0 Å². The number of rotatable bonds is 6. The lowest BCUT2D eigenvalue weighted by molar-refractivity contribution is 0.0729. The van der Waals surface area contributed by atoms with Gasteiger partial charge in [0, 0.05) is 19.6 Å². The molecule has 1 aliphatic rings. The number of benzene rings is 1. The van der Waals surface area contributed by atoms with Crippen LogP contribution in [0.5, 0.6) is 0 Å². The molecule has 0 amide bonds. The fourth-order valence-electron chi connectivity index (χ4n) is 2.20. The van der Waals surface area contributed by atoms with E-state index in [2.05, 4.69) is 5.32 Å².